The highest BCUT2D eigenvalue weighted by molar-refractivity contribution is 7.99. The minimum atomic E-state index is 0.0397. The first-order chi connectivity index (χ1) is 14.5. The smallest absolute Gasteiger partial charge is 0.233 e. The number of amides is 1. The van der Waals surface area contributed by atoms with Gasteiger partial charge in [0.2, 0.25) is 11.9 Å². The van der Waals surface area contributed by atoms with Crippen molar-refractivity contribution in [2.24, 2.45) is 5.92 Å². The molecule has 0 radical (unpaired) electrons. The Morgan fingerprint density at radius 3 is 2.70 bits per heavy atom. The molecule has 164 valence electrons. The summed E-state index contributed by atoms with van der Waals surface area (Å²) in [6.07, 6.45) is 0. The summed E-state index contributed by atoms with van der Waals surface area (Å²) in [6.45, 7) is 8.66. The summed E-state index contributed by atoms with van der Waals surface area (Å²) in [5.74, 6) is 2.45. The number of methoxy groups -OCH3 is 1. The zero-order valence-corrected chi connectivity index (χ0v) is 19.0. The van der Waals surface area contributed by atoms with E-state index in [1.807, 2.05) is 31.3 Å². The van der Waals surface area contributed by atoms with Crippen molar-refractivity contribution in [1.29, 1.82) is 0 Å². The highest BCUT2D eigenvalue weighted by Gasteiger charge is 2.22. The van der Waals surface area contributed by atoms with Gasteiger partial charge in [0.25, 0.3) is 0 Å². The lowest BCUT2D eigenvalue weighted by molar-refractivity contribution is -0.127. The van der Waals surface area contributed by atoms with Crippen molar-refractivity contribution in [1.82, 2.24) is 19.7 Å². The van der Waals surface area contributed by atoms with Crippen molar-refractivity contribution in [3.8, 4) is 5.75 Å². The molecular formula is C21H31N5O3S. The molecule has 0 atom stereocenters. The molecule has 2 aromatic rings. The molecule has 0 saturated carbocycles. The Balaban J connectivity index is 1.65. The number of carbonyl (C=O) groups is 1. The zero-order chi connectivity index (χ0) is 21.5. The predicted molar refractivity (Wildman–Crippen MR) is 118 cm³/mol. The predicted octanol–water partition coefficient (Wildman–Crippen LogP) is 2.53. The lowest BCUT2D eigenvalue weighted by Crippen LogP contribution is -2.38. The van der Waals surface area contributed by atoms with Crippen LogP contribution in [0.15, 0.2) is 29.4 Å². The van der Waals surface area contributed by atoms with E-state index in [0.717, 1.165) is 42.1 Å². The molecule has 30 heavy (non-hydrogen) atoms. The van der Waals surface area contributed by atoms with Crippen LogP contribution in [0.25, 0.3) is 0 Å². The van der Waals surface area contributed by atoms with Gasteiger partial charge in [0, 0.05) is 38.8 Å². The maximum Gasteiger partial charge on any atom is 0.233 e. The lowest BCUT2D eigenvalue weighted by Gasteiger charge is -2.28. The first-order valence-electron chi connectivity index (χ1n) is 10.2. The number of ether oxygens (including phenoxy) is 2. The molecular weight excluding hydrogens is 402 g/mol. The third-order valence-electron chi connectivity index (χ3n) is 4.89. The van der Waals surface area contributed by atoms with Crippen LogP contribution >= 0.6 is 11.8 Å². The molecule has 0 spiro atoms. The lowest BCUT2D eigenvalue weighted by atomic mass is 10.2. The molecule has 0 aliphatic carbocycles. The van der Waals surface area contributed by atoms with Gasteiger partial charge in [-0.1, -0.05) is 43.8 Å². The average molecular weight is 434 g/mol. The van der Waals surface area contributed by atoms with E-state index in [1.54, 1.807) is 12.0 Å². The Morgan fingerprint density at radius 2 is 2.00 bits per heavy atom. The fourth-order valence-corrected chi connectivity index (χ4v) is 4.21. The van der Waals surface area contributed by atoms with Gasteiger partial charge in [0.05, 0.1) is 26.1 Å². The van der Waals surface area contributed by atoms with E-state index in [2.05, 4.69) is 33.5 Å². The van der Waals surface area contributed by atoms with E-state index < -0.39 is 0 Å². The van der Waals surface area contributed by atoms with Gasteiger partial charge in [-0.15, -0.1) is 10.2 Å². The number of morpholine rings is 1. The van der Waals surface area contributed by atoms with Gasteiger partial charge in [-0.3, -0.25) is 9.36 Å². The van der Waals surface area contributed by atoms with Crippen LogP contribution in [-0.2, 0) is 22.6 Å². The molecule has 1 aliphatic rings. The van der Waals surface area contributed by atoms with Gasteiger partial charge < -0.3 is 19.3 Å². The first kappa shape index (κ1) is 22.4. The van der Waals surface area contributed by atoms with Gasteiger partial charge in [-0.25, -0.2) is 0 Å². The van der Waals surface area contributed by atoms with Crippen LogP contribution in [0, 0.1) is 5.92 Å². The molecule has 0 N–H and O–H groups in total. The van der Waals surface area contributed by atoms with Crippen LogP contribution < -0.4 is 9.64 Å². The van der Waals surface area contributed by atoms with E-state index in [0.29, 0.717) is 31.4 Å². The molecule has 1 amide bonds. The van der Waals surface area contributed by atoms with Crippen LogP contribution in [0.1, 0.15) is 19.4 Å². The molecule has 0 unspecified atom stereocenters. The molecule has 9 heteroatoms. The summed E-state index contributed by atoms with van der Waals surface area (Å²) in [4.78, 5) is 16.7. The second-order valence-corrected chi connectivity index (χ2v) is 8.68. The molecule has 3 rings (SSSR count). The van der Waals surface area contributed by atoms with Gasteiger partial charge in [0.1, 0.15) is 5.75 Å². The van der Waals surface area contributed by atoms with Crippen molar-refractivity contribution in [2.75, 3.05) is 51.1 Å². The second kappa shape index (κ2) is 10.7. The summed E-state index contributed by atoms with van der Waals surface area (Å²) in [5, 5.41) is 9.60. The van der Waals surface area contributed by atoms with Crippen molar-refractivity contribution in [3.05, 3.63) is 29.8 Å². The summed E-state index contributed by atoms with van der Waals surface area (Å²) >= 11 is 1.44. The Morgan fingerprint density at radius 1 is 1.27 bits per heavy atom. The summed E-state index contributed by atoms with van der Waals surface area (Å²) < 4.78 is 13.0. The molecule has 1 aromatic heterocycles. The standard InChI is InChI=1S/C21H31N5O3S/c1-16(2)13-26-20(25-9-11-29-12-10-25)22-23-21(26)30-15-19(27)24(3)14-17-7-5-6-8-18(17)28-4/h5-8,16H,9-15H2,1-4H3. The fourth-order valence-electron chi connectivity index (χ4n) is 3.32. The Bertz CT molecular complexity index is 836. The van der Waals surface area contributed by atoms with Crippen LogP contribution in [0.3, 0.4) is 0 Å². The van der Waals surface area contributed by atoms with E-state index >= 15 is 0 Å². The topological polar surface area (TPSA) is 72.7 Å². The number of anilines is 1. The normalized spacial score (nSPS) is 14.2. The molecule has 0 bridgehead atoms. The Labute approximate surface area is 182 Å². The van der Waals surface area contributed by atoms with Crippen molar-refractivity contribution < 1.29 is 14.3 Å². The summed E-state index contributed by atoms with van der Waals surface area (Å²) in [7, 11) is 3.46. The van der Waals surface area contributed by atoms with Gasteiger partial charge >= 0.3 is 0 Å². The van der Waals surface area contributed by atoms with E-state index in [9.17, 15) is 4.79 Å². The molecule has 8 nitrogen and oxygen atoms in total. The number of nitrogens with zero attached hydrogens (tertiary/aromatic N) is 5. The van der Waals surface area contributed by atoms with Crippen LogP contribution in [0.2, 0.25) is 0 Å². The van der Waals surface area contributed by atoms with Gasteiger partial charge in [-0.05, 0) is 12.0 Å². The minimum Gasteiger partial charge on any atom is -0.496 e. The first-order valence-corrected chi connectivity index (χ1v) is 11.2. The zero-order valence-electron chi connectivity index (χ0n) is 18.2. The number of thioether (sulfide) groups is 1. The number of para-hydroxylation sites is 1. The number of hydrogen-bond acceptors (Lipinski definition) is 7. The van der Waals surface area contributed by atoms with Crippen molar-refractivity contribution >= 4 is 23.6 Å². The summed E-state index contributed by atoms with van der Waals surface area (Å²) in [6, 6.07) is 7.76. The average Bonchev–Trinajstić information content (AvgIpc) is 3.14. The van der Waals surface area contributed by atoms with E-state index in [1.165, 1.54) is 11.8 Å². The van der Waals surface area contributed by atoms with Crippen LogP contribution in [0.5, 0.6) is 5.75 Å². The monoisotopic (exact) mass is 433 g/mol. The van der Waals surface area contributed by atoms with Crippen molar-refractivity contribution in [2.45, 2.75) is 32.1 Å². The van der Waals surface area contributed by atoms with E-state index in [4.69, 9.17) is 9.47 Å². The molecule has 1 aliphatic heterocycles. The third kappa shape index (κ3) is 5.66. The third-order valence-corrected chi connectivity index (χ3v) is 5.84. The number of aromatic nitrogens is 3. The highest BCUT2D eigenvalue weighted by Crippen LogP contribution is 2.25. The molecule has 1 saturated heterocycles. The van der Waals surface area contributed by atoms with Gasteiger partial charge in [0.15, 0.2) is 5.16 Å². The minimum absolute atomic E-state index is 0.0397. The maximum atomic E-state index is 12.7. The highest BCUT2D eigenvalue weighted by atomic mass is 32.2. The van der Waals surface area contributed by atoms with E-state index in [-0.39, 0.29) is 5.91 Å². The largest absolute Gasteiger partial charge is 0.496 e. The summed E-state index contributed by atoms with van der Waals surface area (Å²) in [5.41, 5.74) is 0.985. The maximum absolute atomic E-state index is 12.7. The van der Waals surface area contributed by atoms with Crippen LogP contribution in [0.4, 0.5) is 5.95 Å². The number of benzene rings is 1. The molecule has 1 fully saturated rings. The molecule has 2 heterocycles. The fraction of sp³-hybridized carbons (Fsp3) is 0.571. The Hall–Kier alpha value is -2.26. The number of rotatable bonds is 9. The SMILES string of the molecule is COc1ccccc1CN(C)C(=O)CSc1nnc(N2CCOCC2)n1CC(C)C. The van der Waals surface area contributed by atoms with Crippen LogP contribution in [-0.4, -0.2) is 71.8 Å². The Kier molecular flexibility index (Phi) is 7.98. The van der Waals surface area contributed by atoms with Gasteiger partial charge in [-0.2, -0.15) is 0 Å². The van der Waals surface area contributed by atoms with Crippen molar-refractivity contribution in [3.63, 3.8) is 0 Å². The number of hydrogen-bond donors (Lipinski definition) is 0. The molecule has 1 aromatic carbocycles. The number of carbonyl (C=O) groups excluding carboxylic acids is 1. The second-order valence-electron chi connectivity index (χ2n) is 7.74. The quantitative estimate of drug-likeness (QED) is 0.563.